The minimum absolute atomic E-state index is 0. The molecule has 1 aliphatic rings. The first-order valence-electron chi connectivity index (χ1n) is 10.4. The molecule has 1 aromatic carbocycles. The number of pyridine rings is 1. The molecule has 1 fully saturated rings. The van der Waals surface area contributed by atoms with Gasteiger partial charge in [0.15, 0.2) is 5.65 Å². The second-order valence-corrected chi connectivity index (χ2v) is 7.46. The fraction of sp³-hybridized carbons (Fsp3) is 0.364. The number of carbonyl (C=O) groups excluding carboxylic acids is 1. The van der Waals surface area contributed by atoms with Gasteiger partial charge in [0.05, 0.1) is 28.4 Å². The maximum atomic E-state index is 13.0. The number of ether oxygens (including phenoxy) is 1. The van der Waals surface area contributed by atoms with Gasteiger partial charge in [0.25, 0.3) is 5.91 Å². The van der Waals surface area contributed by atoms with Crippen LogP contribution in [-0.2, 0) is 17.8 Å². The van der Waals surface area contributed by atoms with Gasteiger partial charge in [-0.15, -0.1) is 0 Å². The van der Waals surface area contributed by atoms with Crippen molar-refractivity contribution in [2.24, 2.45) is 0 Å². The van der Waals surface area contributed by atoms with Gasteiger partial charge in [0.2, 0.25) is 0 Å². The Balaban J connectivity index is 0.00000289. The number of nitrogens with one attached hydrogen (secondary N) is 2. The monoisotopic (exact) mass is 446 g/mol. The van der Waals surface area contributed by atoms with Crippen LogP contribution in [0.15, 0.2) is 36.7 Å². The van der Waals surface area contributed by atoms with Crippen LogP contribution < -0.4 is 10.6 Å². The molecule has 1 amide bonds. The van der Waals surface area contributed by atoms with Crippen LogP contribution in [0.3, 0.4) is 0 Å². The van der Waals surface area contributed by atoms with E-state index in [2.05, 4.69) is 20.7 Å². The number of amides is 1. The van der Waals surface area contributed by atoms with Crippen LogP contribution in [0.4, 0.5) is 5.69 Å². The van der Waals surface area contributed by atoms with E-state index >= 15 is 0 Å². The van der Waals surface area contributed by atoms with Crippen molar-refractivity contribution in [1.29, 1.82) is 0 Å². The number of hydrogen-bond donors (Lipinski definition) is 3. The van der Waals surface area contributed by atoms with Crippen molar-refractivity contribution in [3.63, 3.8) is 0 Å². The summed E-state index contributed by atoms with van der Waals surface area (Å²) >= 11 is 0. The van der Waals surface area contributed by atoms with Gasteiger partial charge < -0.3 is 20.5 Å². The molecule has 10 heteroatoms. The fourth-order valence-electron chi connectivity index (χ4n) is 3.67. The normalized spacial score (nSPS) is 14.0. The average molecular weight is 446 g/mol. The molecule has 3 heterocycles. The van der Waals surface area contributed by atoms with Crippen LogP contribution in [0.25, 0.3) is 11.0 Å². The summed E-state index contributed by atoms with van der Waals surface area (Å²) in [6.07, 6.45) is 5.06. The third kappa shape index (κ3) is 5.29. The van der Waals surface area contributed by atoms with Crippen molar-refractivity contribution in [2.45, 2.75) is 38.9 Å². The molecule has 4 rings (SSSR count). The molecule has 1 aliphatic heterocycles. The zero-order valence-electron chi connectivity index (χ0n) is 18.3. The molecule has 1 saturated heterocycles. The second-order valence-electron chi connectivity index (χ2n) is 7.46. The number of nitrogens with zero attached hydrogens (tertiary/aromatic N) is 3. The van der Waals surface area contributed by atoms with E-state index in [4.69, 9.17) is 9.84 Å². The van der Waals surface area contributed by atoms with Gasteiger partial charge in [-0.2, -0.15) is 5.10 Å². The van der Waals surface area contributed by atoms with E-state index in [9.17, 15) is 9.59 Å². The zero-order chi connectivity index (χ0) is 21.8. The Bertz CT molecular complexity index is 1090. The molecule has 0 bridgehead atoms. The zero-order valence-corrected chi connectivity index (χ0v) is 20.3. The van der Waals surface area contributed by atoms with Gasteiger partial charge >= 0.3 is 5.97 Å². The van der Waals surface area contributed by atoms with Crippen molar-refractivity contribution >= 4 is 58.2 Å². The van der Waals surface area contributed by atoms with Crippen molar-refractivity contribution in [2.75, 3.05) is 18.5 Å². The Hall–Kier alpha value is -2.46. The Kier molecular flexibility index (Phi) is 8.25. The largest absolute Gasteiger partial charge is 0.478 e. The molecule has 0 saturated carbocycles. The fourth-order valence-corrected chi connectivity index (χ4v) is 3.67. The van der Waals surface area contributed by atoms with Gasteiger partial charge in [-0.3, -0.25) is 4.79 Å². The van der Waals surface area contributed by atoms with Crippen LogP contribution >= 0.6 is 0 Å². The first-order chi connectivity index (χ1) is 15.1. The summed E-state index contributed by atoms with van der Waals surface area (Å²) in [5, 5.41) is 20.7. The first kappa shape index (κ1) is 24.2. The molecular formula is C22H25N5NaO4. The van der Waals surface area contributed by atoms with E-state index in [0.29, 0.717) is 25.3 Å². The Morgan fingerprint density at radius 1 is 1.19 bits per heavy atom. The molecule has 0 unspecified atom stereocenters. The van der Waals surface area contributed by atoms with Crippen molar-refractivity contribution in [3.05, 3.63) is 53.3 Å². The van der Waals surface area contributed by atoms with Crippen LogP contribution in [0, 0.1) is 0 Å². The van der Waals surface area contributed by atoms with Gasteiger partial charge in [0.1, 0.15) is 0 Å². The molecule has 0 spiro atoms. The van der Waals surface area contributed by atoms with Crippen molar-refractivity contribution in [1.82, 2.24) is 20.1 Å². The number of aromatic carboxylic acids is 1. The molecule has 32 heavy (non-hydrogen) atoms. The summed E-state index contributed by atoms with van der Waals surface area (Å²) in [5.74, 6) is -1.23. The minimum Gasteiger partial charge on any atom is -0.478 e. The average Bonchev–Trinajstić information content (AvgIpc) is 3.22. The number of carbonyl (C=O) groups is 2. The number of carboxylic acid groups (broad SMARTS) is 1. The molecule has 9 nitrogen and oxygen atoms in total. The number of carboxylic acids is 1. The standard InChI is InChI=1S/C22H25N5O4.Na/c1-2-27-20-17(13-25-27)19(26-16-7-9-31-10-8-16)18(12-23-20)21(28)24-11-14-3-5-15(6-4-14)22(29)30;/h3-6,12-13,16H,2,7-11H2,1H3,(H,23,26)(H,24,28)(H,29,30);. The quantitative estimate of drug-likeness (QED) is 0.477. The molecule has 163 valence electrons. The third-order valence-electron chi connectivity index (χ3n) is 5.43. The minimum atomic E-state index is -0.980. The van der Waals surface area contributed by atoms with E-state index in [1.54, 1.807) is 29.2 Å². The van der Waals surface area contributed by atoms with E-state index in [1.165, 1.54) is 12.1 Å². The maximum Gasteiger partial charge on any atom is 0.335 e. The maximum absolute atomic E-state index is 13.0. The van der Waals surface area contributed by atoms with E-state index < -0.39 is 5.97 Å². The number of anilines is 1. The second kappa shape index (κ2) is 10.9. The molecule has 1 radical (unpaired) electrons. The Morgan fingerprint density at radius 2 is 1.91 bits per heavy atom. The molecule has 0 atom stereocenters. The number of aromatic nitrogens is 3. The van der Waals surface area contributed by atoms with Crippen molar-refractivity contribution < 1.29 is 19.4 Å². The number of aryl methyl sites for hydroxylation is 1. The summed E-state index contributed by atoms with van der Waals surface area (Å²) in [6.45, 7) is 4.34. The van der Waals surface area contributed by atoms with Crippen LogP contribution in [0.5, 0.6) is 0 Å². The van der Waals surface area contributed by atoms with Gasteiger partial charge in [-0.05, 0) is 37.5 Å². The predicted octanol–water partition coefficient (Wildman–Crippen LogP) is 2.29. The summed E-state index contributed by atoms with van der Waals surface area (Å²) < 4.78 is 7.25. The molecule has 0 aliphatic carbocycles. The van der Waals surface area contributed by atoms with Crippen molar-refractivity contribution in [3.8, 4) is 0 Å². The Labute approximate surface area is 207 Å². The molecule has 3 aromatic rings. The number of fused-ring (bicyclic) bond motifs is 1. The van der Waals surface area contributed by atoms with Crippen LogP contribution in [0.2, 0.25) is 0 Å². The molecule has 2 aromatic heterocycles. The Morgan fingerprint density at radius 3 is 2.56 bits per heavy atom. The van der Waals surface area contributed by atoms with Crippen LogP contribution in [-0.4, -0.2) is 80.6 Å². The van der Waals surface area contributed by atoms with E-state index in [1.807, 2.05) is 6.92 Å². The summed E-state index contributed by atoms with van der Waals surface area (Å²) in [4.78, 5) is 28.5. The van der Waals surface area contributed by atoms with Gasteiger partial charge in [0, 0.05) is 68.1 Å². The topological polar surface area (TPSA) is 118 Å². The third-order valence-corrected chi connectivity index (χ3v) is 5.43. The summed E-state index contributed by atoms with van der Waals surface area (Å²) in [5.41, 5.74) is 2.94. The van der Waals surface area contributed by atoms with Gasteiger partial charge in [-0.25, -0.2) is 14.5 Å². The predicted molar refractivity (Wildman–Crippen MR) is 121 cm³/mol. The van der Waals surface area contributed by atoms with Crippen LogP contribution in [0.1, 0.15) is 46.0 Å². The SMILES string of the molecule is CCn1ncc2c(NC3CCOCC3)c(C(=O)NCc3ccc(C(=O)O)cc3)cnc21.[Na]. The smallest absolute Gasteiger partial charge is 0.335 e. The van der Waals surface area contributed by atoms with Gasteiger partial charge in [-0.1, -0.05) is 12.1 Å². The summed E-state index contributed by atoms with van der Waals surface area (Å²) in [7, 11) is 0. The molecule has 3 N–H and O–H groups in total. The first-order valence-corrected chi connectivity index (χ1v) is 10.4. The number of rotatable bonds is 7. The van der Waals surface area contributed by atoms with E-state index in [-0.39, 0.29) is 53.6 Å². The molecular weight excluding hydrogens is 421 g/mol. The summed E-state index contributed by atoms with van der Waals surface area (Å²) in [6, 6.07) is 6.64. The van der Waals surface area contributed by atoms with E-state index in [0.717, 1.165) is 35.1 Å². The number of benzene rings is 1. The number of hydrogen-bond acceptors (Lipinski definition) is 6.